The van der Waals surface area contributed by atoms with Gasteiger partial charge < -0.3 is 15.4 Å². The molecule has 2 rings (SSSR count). The number of imidazole rings is 1. The average molecular weight is 195 g/mol. The molecule has 3 N–H and O–H groups in total. The highest BCUT2D eigenvalue weighted by Gasteiger charge is 2.15. The fourth-order valence-electron chi connectivity index (χ4n) is 2.00. The smallest absolute Gasteiger partial charge is 0.0952 e. The van der Waals surface area contributed by atoms with Crippen LogP contribution in [0.3, 0.4) is 0 Å². The van der Waals surface area contributed by atoms with E-state index in [1.54, 1.807) is 0 Å². The Bertz CT molecular complexity index is 308. The Morgan fingerprint density at radius 2 is 2.29 bits per heavy atom. The molecule has 1 aromatic heterocycles. The van der Waals surface area contributed by atoms with E-state index in [1.165, 1.54) is 24.2 Å². The topological polar surface area (TPSA) is 64.1 Å². The van der Waals surface area contributed by atoms with Gasteiger partial charge in [0.05, 0.1) is 18.6 Å². The molecule has 78 valence electrons. The van der Waals surface area contributed by atoms with Gasteiger partial charge in [0.15, 0.2) is 0 Å². The predicted molar refractivity (Wildman–Crippen MR) is 53.9 cm³/mol. The lowest BCUT2D eigenvalue weighted by molar-refractivity contribution is 0.253. The Kier molecular flexibility index (Phi) is 2.84. The Balaban J connectivity index is 2.14. The lowest BCUT2D eigenvalue weighted by Gasteiger charge is -2.16. The second-order valence-electron chi connectivity index (χ2n) is 3.94. The zero-order valence-corrected chi connectivity index (χ0v) is 8.32. The van der Waals surface area contributed by atoms with Gasteiger partial charge in [-0.3, -0.25) is 0 Å². The first-order valence-corrected chi connectivity index (χ1v) is 5.20. The molecule has 4 heteroatoms. The van der Waals surface area contributed by atoms with E-state index in [0.29, 0.717) is 6.54 Å². The first-order chi connectivity index (χ1) is 6.81. The molecule has 1 heterocycles. The molecule has 14 heavy (non-hydrogen) atoms. The van der Waals surface area contributed by atoms with Crippen LogP contribution in [-0.4, -0.2) is 27.3 Å². The number of nitrogens with two attached hydrogens (primary N) is 1. The maximum atomic E-state index is 8.88. The summed E-state index contributed by atoms with van der Waals surface area (Å²) in [7, 11) is 0. The lowest BCUT2D eigenvalue weighted by Crippen LogP contribution is -2.30. The van der Waals surface area contributed by atoms with Gasteiger partial charge in [0.1, 0.15) is 0 Å². The van der Waals surface area contributed by atoms with Crippen LogP contribution in [0.5, 0.6) is 0 Å². The monoisotopic (exact) mass is 195 g/mol. The van der Waals surface area contributed by atoms with Crippen LogP contribution in [0.15, 0.2) is 6.33 Å². The average Bonchev–Trinajstić information content (AvgIpc) is 2.62. The Labute approximate surface area is 83.8 Å². The van der Waals surface area contributed by atoms with Gasteiger partial charge in [-0.1, -0.05) is 0 Å². The molecular formula is C10H17N3O. The number of aryl methyl sites for hydroxylation is 1. The number of rotatable bonds is 3. The number of fused-ring (bicyclic) bond motifs is 1. The Morgan fingerprint density at radius 1 is 1.50 bits per heavy atom. The maximum Gasteiger partial charge on any atom is 0.0952 e. The van der Waals surface area contributed by atoms with E-state index < -0.39 is 0 Å². The van der Waals surface area contributed by atoms with Gasteiger partial charge in [-0.25, -0.2) is 4.98 Å². The Morgan fingerprint density at radius 3 is 3.07 bits per heavy atom. The number of hydrogen-bond acceptors (Lipinski definition) is 3. The van der Waals surface area contributed by atoms with Gasteiger partial charge in [-0.15, -0.1) is 0 Å². The first kappa shape index (κ1) is 9.68. The SMILES string of the molecule is NC(CO)Cn1cnc2c1CCCC2. The van der Waals surface area contributed by atoms with E-state index in [-0.39, 0.29) is 12.6 Å². The van der Waals surface area contributed by atoms with Crippen molar-refractivity contribution in [1.82, 2.24) is 9.55 Å². The molecular weight excluding hydrogens is 178 g/mol. The van der Waals surface area contributed by atoms with Gasteiger partial charge in [-0.2, -0.15) is 0 Å². The molecule has 0 radical (unpaired) electrons. The summed E-state index contributed by atoms with van der Waals surface area (Å²) in [5, 5.41) is 8.88. The van der Waals surface area contributed by atoms with E-state index in [1.807, 2.05) is 6.33 Å². The van der Waals surface area contributed by atoms with Crippen molar-refractivity contribution in [2.24, 2.45) is 5.73 Å². The lowest BCUT2D eigenvalue weighted by atomic mass is 10.0. The summed E-state index contributed by atoms with van der Waals surface area (Å²) in [5.74, 6) is 0. The van der Waals surface area contributed by atoms with Gasteiger partial charge >= 0.3 is 0 Å². The summed E-state index contributed by atoms with van der Waals surface area (Å²) in [6.07, 6.45) is 6.54. The van der Waals surface area contributed by atoms with Crippen molar-refractivity contribution in [3.8, 4) is 0 Å². The normalized spacial score (nSPS) is 17.9. The highest BCUT2D eigenvalue weighted by atomic mass is 16.3. The second-order valence-corrected chi connectivity index (χ2v) is 3.94. The number of aromatic nitrogens is 2. The molecule has 0 aliphatic heterocycles. The zero-order valence-electron chi connectivity index (χ0n) is 8.32. The van der Waals surface area contributed by atoms with E-state index in [4.69, 9.17) is 10.8 Å². The van der Waals surface area contributed by atoms with Crippen LogP contribution in [0.2, 0.25) is 0 Å². The van der Waals surface area contributed by atoms with Crippen molar-refractivity contribution >= 4 is 0 Å². The molecule has 0 bridgehead atoms. The molecule has 1 unspecified atom stereocenters. The van der Waals surface area contributed by atoms with Crippen LogP contribution in [0.4, 0.5) is 0 Å². The van der Waals surface area contributed by atoms with E-state index in [2.05, 4.69) is 9.55 Å². The van der Waals surface area contributed by atoms with Gasteiger partial charge in [0, 0.05) is 18.3 Å². The number of hydrogen-bond donors (Lipinski definition) is 2. The van der Waals surface area contributed by atoms with Gasteiger partial charge in [-0.05, 0) is 25.7 Å². The molecule has 0 saturated carbocycles. The van der Waals surface area contributed by atoms with Crippen LogP contribution in [-0.2, 0) is 19.4 Å². The van der Waals surface area contributed by atoms with E-state index >= 15 is 0 Å². The van der Waals surface area contributed by atoms with Crippen molar-refractivity contribution in [3.05, 3.63) is 17.7 Å². The largest absolute Gasteiger partial charge is 0.395 e. The van der Waals surface area contributed by atoms with Crippen LogP contribution in [0, 0.1) is 0 Å². The summed E-state index contributed by atoms with van der Waals surface area (Å²) in [6.45, 7) is 0.714. The van der Waals surface area contributed by atoms with Gasteiger partial charge in [0.25, 0.3) is 0 Å². The number of nitrogens with zero attached hydrogens (tertiary/aromatic N) is 2. The van der Waals surface area contributed by atoms with Crippen LogP contribution in [0.25, 0.3) is 0 Å². The molecule has 0 amide bonds. The molecule has 0 aromatic carbocycles. The molecule has 0 fully saturated rings. The first-order valence-electron chi connectivity index (χ1n) is 5.20. The highest BCUT2D eigenvalue weighted by molar-refractivity contribution is 5.16. The third-order valence-electron chi connectivity index (χ3n) is 2.78. The summed E-state index contributed by atoms with van der Waals surface area (Å²) < 4.78 is 2.09. The molecule has 0 saturated heterocycles. The van der Waals surface area contributed by atoms with E-state index in [9.17, 15) is 0 Å². The molecule has 4 nitrogen and oxygen atoms in total. The molecule has 0 spiro atoms. The predicted octanol–water partition coefficient (Wildman–Crippen LogP) is 0.0815. The minimum absolute atomic E-state index is 0.0347. The fourth-order valence-corrected chi connectivity index (χ4v) is 2.00. The quantitative estimate of drug-likeness (QED) is 0.718. The summed E-state index contributed by atoms with van der Waals surface area (Å²) >= 11 is 0. The van der Waals surface area contributed by atoms with Gasteiger partial charge in [0.2, 0.25) is 0 Å². The zero-order chi connectivity index (χ0) is 9.97. The highest BCUT2D eigenvalue weighted by Crippen LogP contribution is 2.19. The van der Waals surface area contributed by atoms with E-state index in [0.717, 1.165) is 12.8 Å². The standard InChI is InChI=1S/C10H17N3O/c11-8(6-14)5-13-7-12-9-3-1-2-4-10(9)13/h7-8,14H,1-6,11H2. The second kappa shape index (κ2) is 4.11. The van der Waals surface area contributed by atoms with Crippen molar-refractivity contribution < 1.29 is 5.11 Å². The summed E-state index contributed by atoms with van der Waals surface area (Å²) in [4.78, 5) is 4.37. The van der Waals surface area contributed by atoms with Crippen molar-refractivity contribution in [1.29, 1.82) is 0 Å². The maximum absolute atomic E-state index is 8.88. The molecule has 1 aromatic rings. The number of aliphatic hydroxyl groups is 1. The third kappa shape index (κ3) is 1.81. The van der Waals surface area contributed by atoms with Crippen LogP contribution in [0.1, 0.15) is 24.2 Å². The van der Waals surface area contributed by atoms with Crippen molar-refractivity contribution in [3.63, 3.8) is 0 Å². The minimum Gasteiger partial charge on any atom is -0.395 e. The Hall–Kier alpha value is -0.870. The van der Waals surface area contributed by atoms with Crippen LogP contribution < -0.4 is 5.73 Å². The fraction of sp³-hybridized carbons (Fsp3) is 0.700. The minimum atomic E-state index is -0.171. The van der Waals surface area contributed by atoms with Crippen molar-refractivity contribution in [2.45, 2.75) is 38.3 Å². The molecule has 1 atom stereocenters. The number of aliphatic hydroxyl groups excluding tert-OH is 1. The third-order valence-corrected chi connectivity index (χ3v) is 2.78. The van der Waals surface area contributed by atoms with Crippen LogP contribution >= 0.6 is 0 Å². The summed E-state index contributed by atoms with van der Waals surface area (Å²) in [5.41, 5.74) is 8.24. The molecule has 1 aliphatic rings. The summed E-state index contributed by atoms with van der Waals surface area (Å²) in [6, 6.07) is -0.171. The molecule has 1 aliphatic carbocycles. The van der Waals surface area contributed by atoms with Crippen molar-refractivity contribution in [2.75, 3.05) is 6.61 Å².